The maximum Gasteiger partial charge on any atom is 0.0702 e. The Balaban J connectivity index is 2.43. The first-order valence-electron chi connectivity index (χ1n) is 3.41. The topological polar surface area (TPSA) is 38.7 Å². The fraction of sp³-hybridized carbons (Fsp3) is 0.429. The molecule has 0 N–H and O–H groups in total. The predicted molar refractivity (Wildman–Crippen MR) is 38.1 cm³/mol. The fourth-order valence-corrected chi connectivity index (χ4v) is 0.651. The average molecular weight is 136 g/mol. The lowest BCUT2D eigenvalue weighted by atomic mass is 10.2. The molecule has 1 heterocycles. The van der Waals surface area contributed by atoms with Gasteiger partial charge < -0.3 is 0 Å². The van der Waals surface area contributed by atoms with Crippen LogP contribution in [0.15, 0.2) is 12.3 Å². The Labute approximate surface area is 60.5 Å². The van der Waals surface area contributed by atoms with Crippen LogP contribution >= 0.6 is 0 Å². The summed E-state index contributed by atoms with van der Waals surface area (Å²) in [6, 6.07) is 1.85. The summed E-state index contributed by atoms with van der Waals surface area (Å²) in [5.41, 5.74) is 0.914. The van der Waals surface area contributed by atoms with E-state index in [1.165, 1.54) is 0 Å². The molecule has 1 radical (unpaired) electrons. The zero-order valence-electron chi connectivity index (χ0n) is 5.99. The van der Waals surface area contributed by atoms with Gasteiger partial charge in [-0.15, -0.1) is 10.2 Å². The molecule has 0 aliphatic rings. The molecule has 10 heavy (non-hydrogen) atoms. The third-order valence-corrected chi connectivity index (χ3v) is 1.17. The smallest absolute Gasteiger partial charge is 0.0702 e. The Morgan fingerprint density at radius 1 is 1.60 bits per heavy atom. The van der Waals surface area contributed by atoms with Gasteiger partial charge in [-0.3, -0.25) is 0 Å². The zero-order valence-corrected chi connectivity index (χ0v) is 5.99. The van der Waals surface area contributed by atoms with Gasteiger partial charge in [-0.2, -0.15) is 0 Å². The third-order valence-electron chi connectivity index (χ3n) is 1.17. The largest absolute Gasteiger partial charge is 0.139 e. The van der Waals surface area contributed by atoms with E-state index in [0.717, 1.165) is 18.5 Å². The maximum atomic E-state index is 3.80. The lowest BCUT2D eigenvalue weighted by molar-refractivity contribution is 0.817. The molecule has 53 valence electrons. The third kappa shape index (κ3) is 2.09. The van der Waals surface area contributed by atoms with Gasteiger partial charge in [0.1, 0.15) is 0 Å². The molecular formula is C7H10N3. The molecule has 1 aromatic rings. The molecule has 0 aromatic carbocycles. The summed E-state index contributed by atoms with van der Waals surface area (Å²) in [6.07, 6.45) is 5.89. The number of rotatable bonds is 3. The van der Waals surface area contributed by atoms with Crippen LogP contribution in [0.1, 0.15) is 25.5 Å². The summed E-state index contributed by atoms with van der Waals surface area (Å²) >= 11 is 0. The summed E-state index contributed by atoms with van der Waals surface area (Å²) in [4.78, 5) is 0. The van der Waals surface area contributed by atoms with E-state index in [9.17, 15) is 0 Å². The first-order chi connectivity index (χ1) is 4.93. The van der Waals surface area contributed by atoms with Gasteiger partial charge in [0, 0.05) is 6.42 Å². The van der Waals surface area contributed by atoms with Crippen LogP contribution in [-0.4, -0.2) is 15.4 Å². The number of aromatic nitrogens is 3. The van der Waals surface area contributed by atoms with Gasteiger partial charge in [-0.1, -0.05) is 13.3 Å². The molecule has 3 nitrogen and oxygen atoms in total. The highest BCUT2D eigenvalue weighted by molar-refractivity contribution is 5.06. The minimum atomic E-state index is 0.914. The second-order valence-corrected chi connectivity index (χ2v) is 2.04. The number of nitrogens with zero attached hydrogens (tertiary/aromatic N) is 3. The normalized spacial score (nSPS) is 9.70. The van der Waals surface area contributed by atoms with Crippen LogP contribution in [0.4, 0.5) is 0 Å². The standard InChI is InChI=1S/C7H10N3/c1-2-3-4-7-5-6-8-10-9-7/h4-6H,2-3H2,1H3. The molecule has 1 aromatic heterocycles. The molecule has 0 atom stereocenters. The second kappa shape index (κ2) is 3.93. The van der Waals surface area contributed by atoms with E-state index in [0.29, 0.717) is 0 Å². The summed E-state index contributed by atoms with van der Waals surface area (Å²) in [6.45, 7) is 2.13. The van der Waals surface area contributed by atoms with E-state index in [2.05, 4.69) is 28.8 Å². The van der Waals surface area contributed by atoms with Gasteiger partial charge in [0.15, 0.2) is 0 Å². The molecule has 0 amide bonds. The number of unbranched alkanes of at least 4 members (excludes halogenated alkanes) is 1. The molecule has 3 heteroatoms. The van der Waals surface area contributed by atoms with Crippen molar-refractivity contribution in [3.63, 3.8) is 0 Å². The molecule has 0 unspecified atom stereocenters. The van der Waals surface area contributed by atoms with Gasteiger partial charge in [0.25, 0.3) is 0 Å². The molecular weight excluding hydrogens is 126 g/mol. The van der Waals surface area contributed by atoms with Crippen molar-refractivity contribution in [3.8, 4) is 0 Å². The lowest BCUT2D eigenvalue weighted by Gasteiger charge is -1.92. The Morgan fingerprint density at radius 3 is 3.10 bits per heavy atom. The highest BCUT2D eigenvalue weighted by Crippen LogP contribution is 2.00. The van der Waals surface area contributed by atoms with E-state index >= 15 is 0 Å². The Hall–Kier alpha value is -0.990. The maximum absolute atomic E-state index is 3.80. The van der Waals surface area contributed by atoms with Crippen molar-refractivity contribution in [2.24, 2.45) is 0 Å². The van der Waals surface area contributed by atoms with Crippen LogP contribution < -0.4 is 0 Å². The van der Waals surface area contributed by atoms with Gasteiger partial charge in [0.05, 0.1) is 11.9 Å². The predicted octanol–water partition coefficient (Wildman–Crippen LogP) is 1.22. The van der Waals surface area contributed by atoms with E-state index in [4.69, 9.17) is 0 Å². The zero-order chi connectivity index (χ0) is 7.23. The van der Waals surface area contributed by atoms with Crippen molar-refractivity contribution in [3.05, 3.63) is 24.4 Å². The van der Waals surface area contributed by atoms with Gasteiger partial charge in [-0.25, -0.2) is 0 Å². The van der Waals surface area contributed by atoms with Crippen LogP contribution in [0, 0.1) is 6.42 Å². The fourth-order valence-electron chi connectivity index (χ4n) is 0.651. The first-order valence-corrected chi connectivity index (χ1v) is 3.41. The van der Waals surface area contributed by atoms with Gasteiger partial charge in [0.2, 0.25) is 0 Å². The van der Waals surface area contributed by atoms with Crippen LogP contribution in [-0.2, 0) is 0 Å². The highest BCUT2D eigenvalue weighted by Gasteiger charge is 1.91. The Bertz CT molecular complexity index is 173. The first kappa shape index (κ1) is 7.12. The average Bonchev–Trinajstić information content (AvgIpc) is 2.03. The quantitative estimate of drug-likeness (QED) is 0.627. The van der Waals surface area contributed by atoms with Gasteiger partial charge in [-0.05, 0) is 17.7 Å². The molecule has 1 rings (SSSR count). The minimum absolute atomic E-state index is 0.914. The van der Waals surface area contributed by atoms with Crippen LogP contribution in [0.2, 0.25) is 0 Å². The van der Waals surface area contributed by atoms with E-state index in [1.54, 1.807) is 6.20 Å². The van der Waals surface area contributed by atoms with Crippen molar-refractivity contribution in [1.82, 2.24) is 15.4 Å². The summed E-state index contributed by atoms with van der Waals surface area (Å²) in [5, 5.41) is 10.9. The van der Waals surface area contributed by atoms with Crippen LogP contribution in [0.3, 0.4) is 0 Å². The van der Waals surface area contributed by atoms with Crippen molar-refractivity contribution in [1.29, 1.82) is 0 Å². The SMILES string of the molecule is CCC[CH]c1ccnnn1. The molecule has 0 fully saturated rings. The number of hydrogen-bond acceptors (Lipinski definition) is 3. The molecule has 0 saturated heterocycles. The Morgan fingerprint density at radius 2 is 2.50 bits per heavy atom. The summed E-state index contributed by atoms with van der Waals surface area (Å²) in [7, 11) is 0. The van der Waals surface area contributed by atoms with Crippen LogP contribution in [0.5, 0.6) is 0 Å². The van der Waals surface area contributed by atoms with Gasteiger partial charge >= 0.3 is 0 Å². The van der Waals surface area contributed by atoms with Crippen molar-refractivity contribution in [2.45, 2.75) is 19.8 Å². The minimum Gasteiger partial charge on any atom is -0.139 e. The molecule has 0 spiro atoms. The molecule has 0 bridgehead atoms. The highest BCUT2D eigenvalue weighted by atomic mass is 15.3. The van der Waals surface area contributed by atoms with E-state index in [1.807, 2.05) is 6.07 Å². The number of hydrogen-bond donors (Lipinski definition) is 0. The molecule has 0 aliphatic carbocycles. The summed E-state index contributed by atoms with van der Waals surface area (Å²) < 4.78 is 0. The van der Waals surface area contributed by atoms with Crippen molar-refractivity contribution in [2.75, 3.05) is 0 Å². The Kier molecular flexibility index (Phi) is 2.80. The van der Waals surface area contributed by atoms with Crippen molar-refractivity contribution < 1.29 is 0 Å². The van der Waals surface area contributed by atoms with Crippen LogP contribution in [0.25, 0.3) is 0 Å². The lowest BCUT2D eigenvalue weighted by Crippen LogP contribution is -1.91. The van der Waals surface area contributed by atoms with Crippen molar-refractivity contribution >= 4 is 0 Å². The molecule has 0 aliphatic heterocycles. The summed E-state index contributed by atoms with van der Waals surface area (Å²) in [5.74, 6) is 0. The monoisotopic (exact) mass is 136 g/mol. The second-order valence-electron chi connectivity index (χ2n) is 2.04. The molecule has 0 saturated carbocycles. The van der Waals surface area contributed by atoms with E-state index in [-0.39, 0.29) is 0 Å². The van der Waals surface area contributed by atoms with E-state index < -0.39 is 0 Å².